The van der Waals surface area contributed by atoms with E-state index in [1.54, 1.807) is 6.07 Å². The van der Waals surface area contributed by atoms with Crippen LogP contribution in [0.25, 0.3) is 16.7 Å². The Kier molecular flexibility index (Phi) is 12.1. The highest BCUT2D eigenvalue weighted by Crippen LogP contribution is 2.46. The van der Waals surface area contributed by atoms with Crippen LogP contribution in [0.4, 0.5) is 5.69 Å². The van der Waals surface area contributed by atoms with E-state index in [1.807, 2.05) is 134 Å². The molecule has 54 heavy (non-hydrogen) atoms. The summed E-state index contributed by atoms with van der Waals surface area (Å²) >= 11 is 0. The normalized spacial score (nSPS) is 16.4. The number of methoxy groups -OCH3 is 1. The lowest BCUT2D eigenvalue weighted by molar-refractivity contribution is 0.0600. The van der Waals surface area contributed by atoms with Gasteiger partial charge in [0.25, 0.3) is 20.2 Å². The molecule has 3 aliphatic rings. The minimum atomic E-state index is -4.41. The maximum atomic E-state index is 13.4. The molecule has 0 aliphatic carbocycles. The third-order valence-corrected chi connectivity index (χ3v) is 11.3. The summed E-state index contributed by atoms with van der Waals surface area (Å²) < 4.78 is 82.8. The zero-order chi connectivity index (χ0) is 40.7. The predicted molar refractivity (Wildman–Crippen MR) is 216 cm³/mol. The van der Waals surface area contributed by atoms with Crippen LogP contribution in [-0.2, 0) is 31.4 Å². The van der Waals surface area contributed by atoms with Crippen LogP contribution in [0.15, 0.2) is 54.6 Å². The predicted octanol–water partition coefficient (Wildman–Crippen LogP) is 6.12. The van der Waals surface area contributed by atoms with Crippen molar-refractivity contribution < 1.29 is 40.2 Å². The molecule has 0 fully saturated rings. The number of anilines is 1. The van der Waals surface area contributed by atoms with Gasteiger partial charge in [0.1, 0.15) is 30.1 Å². The number of benzene rings is 3. The van der Waals surface area contributed by atoms with Gasteiger partial charge in [-0.15, -0.1) is 0 Å². The molecule has 13 heteroatoms. The summed E-state index contributed by atoms with van der Waals surface area (Å²) in [5, 5.41) is 1.23. The van der Waals surface area contributed by atoms with Crippen LogP contribution < -0.4 is 24.8 Å². The quantitative estimate of drug-likeness (QED) is 0.128. The number of ether oxygens (including phenoxy) is 2. The molecule has 0 unspecified atom stereocenters. The zero-order valence-electron chi connectivity index (χ0n) is 33.3. The summed E-state index contributed by atoms with van der Waals surface area (Å²) in [5.74, 6) is -0.885. The van der Waals surface area contributed by atoms with Crippen LogP contribution in [0, 0.1) is 0 Å². The van der Waals surface area contributed by atoms with E-state index in [-0.39, 0.29) is 0 Å². The van der Waals surface area contributed by atoms with Crippen molar-refractivity contribution in [2.24, 2.45) is 0 Å². The van der Waals surface area contributed by atoms with Crippen LogP contribution >= 0.6 is 0 Å². The number of likely N-dealkylation sites (N-methyl/N-ethyl adjacent to an activating group) is 2. The van der Waals surface area contributed by atoms with E-state index in [1.165, 1.54) is 7.11 Å². The van der Waals surface area contributed by atoms with Crippen molar-refractivity contribution in [1.29, 1.82) is 0 Å². The Balaban J connectivity index is 0.00000157. The Morgan fingerprint density at radius 1 is 0.815 bits per heavy atom. The van der Waals surface area contributed by atoms with Gasteiger partial charge in [-0.3, -0.25) is 9.11 Å². The van der Waals surface area contributed by atoms with Crippen molar-refractivity contribution in [1.82, 2.24) is 4.58 Å². The van der Waals surface area contributed by atoms with Gasteiger partial charge in [0, 0.05) is 54.6 Å². The third kappa shape index (κ3) is 8.19. The maximum absolute atomic E-state index is 13.4. The van der Waals surface area contributed by atoms with Crippen molar-refractivity contribution in [3.05, 3.63) is 98.6 Å². The fourth-order valence-corrected chi connectivity index (χ4v) is 8.35. The van der Waals surface area contributed by atoms with Crippen molar-refractivity contribution in [2.45, 2.75) is 79.8 Å². The van der Waals surface area contributed by atoms with Gasteiger partial charge in [-0.2, -0.15) is 16.8 Å². The summed E-state index contributed by atoms with van der Waals surface area (Å²) in [5.41, 5.74) is 4.23. The van der Waals surface area contributed by atoms with Crippen LogP contribution in [0.3, 0.4) is 0 Å². The molecule has 0 aromatic heterocycles. The summed E-state index contributed by atoms with van der Waals surface area (Å²) in [4.78, 5) is 15.4. The lowest BCUT2D eigenvalue weighted by Gasteiger charge is -2.41. The number of fused-ring (bicyclic) bond motifs is 4. The molecule has 3 aromatic carbocycles. The van der Waals surface area contributed by atoms with Gasteiger partial charge < -0.3 is 14.4 Å². The first-order valence-corrected chi connectivity index (χ1v) is 21.3. The highest BCUT2D eigenvalue weighted by Gasteiger charge is 2.37. The first-order chi connectivity index (χ1) is 25.1. The second-order valence-electron chi connectivity index (χ2n) is 14.2. The molecule has 0 spiro atoms. The van der Waals surface area contributed by atoms with Crippen LogP contribution in [0.1, 0.15) is 100 Å². The van der Waals surface area contributed by atoms with Crippen LogP contribution in [0.5, 0.6) is 11.5 Å². The number of nitrogens with zero attached hydrogens (tertiary/aromatic N) is 2. The van der Waals surface area contributed by atoms with Crippen LogP contribution in [-0.4, -0.2) is 75.7 Å². The lowest BCUT2D eigenvalue weighted by Crippen LogP contribution is -2.47. The average Bonchev–Trinajstić information content (AvgIpc) is 3.10. The van der Waals surface area contributed by atoms with Crippen molar-refractivity contribution in [3.8, 4) is 11.5 Å². The topological polar surface area (TPSA) is 151 Å². The monoisotopic (exact) mass is 781 g/mol. The second kappa shape index (κ2) is 15.4. The van der Waals surface area contributed by atoms with E-state index in [9.17, 15) is 30.7 Å². The molecular weight excluding hydrogens is 729 g/mol. The molecule has 0 atom stereocenters. The fraction of sp³-hybridized carbons (Fsp3) is 0.415. The molecule has 0 saturated heterocycles. The van der Waals surface area contributed by atoms with Gasteiger partial charge in [0.2, 0.25) is 5.36 Å². The molecular formula is C41H53N2O9S2+. The van der Waals surface area contributed by atoms with E-state index in [0.29, 0.717) is 78.7 Å². The number of hydrogen-bond donors (Lipinski definition) is 2. The van der Waals surface area contributed by atoms with E-state index >= 15 is 0 Å². The first kappa shape index (κ1) is 42.4. The van der Waals surface area contributed by atoms with Crippen molar-refractivity contribution in [2.75, 3.05) is 37.6 Å². The number of hydrogen-bond acceptors (Lipinski definition) is 8. The number of carbonyl (C=O) groups excluding carboxylic acids is 1. The smallest absolute Gasteiger partial charge is 0.338 e. The maximum Gasteiger partial charge on any atom is 0.338 e. The molecule has 0 bridgehead atoms. The standard InChI is InChI=1S/C37H40N2O9S2.2C2H6/c1-9-21-10-11-24(27(12-21)35(40)47-8)34-28-13-25-22(19-49(41,42)43)17-36(2,3)38(6)30(25)15-32(28)48-33-16-31-26(14-29(33)34)23(20-50(44,45)46)18-37(4,5)39(31)7;2*1-2/h10-18H,9,19-20H2,1-8H3,(H-,41,42,43,44,45,46);2*1-2H3/p+1. The fourth-order valence-electron chi connectivity index (χ4n) is 7.08. The van der Waals surface area contributed by atoms with E-state index in [0.717, 1.165) is 5.56 Å². The minimum absolute atomic E-state index is 0.301. The first-order valence-electron chi connectivity index (χ1n) is 18.1. The third-order valence-electron chi connectivity index (χ3n) is 10.00. The van der Waals surface area contributed by atoms with E-state index in [4.69, 9.17) is 9.47 Å². The van der Waals surface area contributed by atoms with Gasteiger partial charge in [-0.25, -0.2) is 9.37 Å². The largest absolute Gasteiger partial charge is 0.465 e. The number of esters is 1. The van der Waals surface area contributed by atoms with Gasteiger partial charge >= 0.3 is 5.97 Å². The highest BCUT2D eigenvalue weighted by atomic mass is 32.2. The van der Waals surface area contributed by atoms with Gasteiger partial charge in [-0.05, 0) is 66.8 Å². The Hall–Kier alpha value is -4.30. The Morgan fingerprint density at radius 2 is 1.41 bits per heavy atom. The summed E-state index contributed by atoms with van der Waals surface area (Å²) in [6, 6.07) is 12.8. The Morgan fingerprint density at radius 3 is 1.96 bits per heavy atom. The molecule has 2 N–H and O–H groups in total. The van der Waals surface area contributed by atoms with Gasteiger partial charge in [0.05, 0.1) is 29.8 Å². The highest BCUT2D eigenvalue weighted by molar-refractivity contribution is 7.86. The zero-order valence-corrected chi connectivity index (χ0v) is 34.9. The molecule has 0 saturated carbocycles. The number of aryl methyl sites for hydroxylation is 1. The molecule has 0 radical (unpaired) electrons. The van der Waals surface area contributed by atoms with Crippen molar-refractivity contribution >= 4 is 48.6 Å². The molecule has 11 nitrogen and oxygen atoms in total. The van der Waals surface area contributed by atoms with Crippen LogP contribution in [0.2, 0.25) is 0 Å². The van der Waals surface area contributed by atoms with Gasteiger partial charge in [0.15, 0.2) is 5.54 Å². The number of rotatable bonds is 7. The molecule has 3 aliphatic heterocycles. The summed E-state index contributed by atoms with van der Waals surface area (Å²) in [6.45, 7) is 17.7. The molecule has 6 rings (SSSR count). The molecule has 3 aromatic rings. The number of carbonyl (C=O) groups is 1. The van der Waals surface area contributed by atoms with E-state index < -0.39 is 48.8 Å². The second-order valence-corrected chi connectivity index (χ2v) is 17.1. The summed E-state index contributed by atoms with van der Waals surface area (Å²) in [7, 11) is -3.73. The Labute approximate surface area is 319 Å². The van der Waals surface area contributed by atoms with E-state index in [2.05, 4.69) is 0 Å². The molecule has 3 heterocycles. The molecule has 292 valence electrons. The molecule has 0 amide bonds. The Bertz CT molecular complexity index is 2430. The summed E-state index contributed by atoms with van der Waals surface area (Å²) in [6.07, 6.45) is 4.28. The minimum Gasteiger partial charge on any atom is -0.465 e. The lowest BCUT2D eigenvalue weighted by atomic mass is 9.83. The van der Waals surface area contributed by atoms with Crippen molar-refractivity contribution in [3.63, 3.8) is 0 Å². The SMILES string of the molecule is CC.CC.CCc1ccc(C2=c3cc4c(cc3Oc3cc5c(cc32)C(CS(=O)(=O)O)=CC(C)(C)N5C)=[N+](C)C(C)(C)C=C4CS(=O)(=O)O)c(C(=O)OC)c1. The average molecular weight is 782 g/mol. The van der Waals surface area contributed by atoms with Gasteiger partial charge in [-0.1, -0.05) is 52.8 Å².